The fraction of sp³-hybridized carbons (Fsp3) is 0.500. The molecule has 2 aliphatic rings. The third kappa shape index (κ3) is 2.31. The first-order chi connectivity index (χ1) is 10.1. The normalized spacial score (nSPS) is 27.0. The van der Waals surface area contributed by atoms with Crippen molar-refractivity contribution in [2.75, 3.05) is 0 Å². The van der Waals surface area contributed by atoms with E-state index in [1.54, 1.807) is 6.08 Å². The molecule has 2 unspecified atom stereocenters. The topological polar surface area (TPSA) is 78.1 Å². The summed E-state index contributed by atoms with van der Waals surface area (Å²) in [7, 11) is 0. The van der Waals surface area contributed by atoms with E-state index in [-0.39, 0.29) is 5.54 Å². The van der Waals surface area contributed by atoms with Gasteiger partial charge < -0.3 is 14.7 Å². The maximum atomic E-state index is 6.17. The smallest absolute Gasteiger partial charge is 0.250 e. The van der Waals surface area contributed by atoms with Crippen LogP contribution >= 0.6 is 0 Å². The molecule has 5 nitrogen and oxygen atoms in total. The Kier molecular flexibility index (Phi) is 2.79. The highest BCUT2D eigenvalue weighted by molar-refractivity contribution is 5.63. The van der Waals surface area contributed by atoms with Crippen molar-refractivity contribution in [2.24, 2.45) is 11.7 Å². The average Bonchev–Trinajstić information content (AvgIpc) is 2.88. The van der Waals surface area contributed by atoms with E-state index < -0.39 is 0 Å². The van der Waals surface area contributed by atoms with Crippen LogP contribution in [0.4, 0.5) is 0 Å². The Morgan fingerprint density at radius 2 is 2.14 bits per heavy atom. The van der Waals surface area contributed by atoms with Crippen molar-refractivity contribution in [3.05, 3.63) is 35.4 Å². The Morgan fingerprint density at radius 1 is 1.33 bits per heavy atom. The zero-order chi connectivity index (χ0) is 14.4. The van der Waals surface area contributed by atoms with Crippen LogP contribution in [-0.2, 0) is 5.54 Å². The molecule has 0 aromatic carbocycles. The van der Waals surface area contributed by atoms with Crippen LogP contribution in [0.25, 0.3) is 12.2 Å². The molecule has 0 radical (unpaired) electrons. The molecule has 0 saturated heterocycles. The van der Waals surface area contributed by atoms with E-state index in [0.717, 1.165) is 36.7 Å². The fourth-order valence-electron chi connectivity index (χ4n) is 2.82. The van der Waals surface area contributed by atoms with E-state index >= 15 is 0 Å². The van der Waals surface area contributed by atoms with Crippen molar-refractivity contribution in [1.29, 1.82) is 0 Å². The van der Waals surface area contributed by atoms with Crippen molar-refractivity contribution >= 4 is 12.2 Å². The van der Waals surface area contributed by atoms with Gasteiger partial charge in [-0.3, -0.25) is 0 Å². The Morgan fingerprint density at radius 3 is 2.81 bits per heavy atom. The highest BCUT2D eigenvalue weighted by Gasteiger charge is 2.39. The number of furan rings is 1. The van der Waals surface area contributed by atoms with Crippen molar-refractivity contribution < 1.29 is 8.94 Å². The molecule has 0 spiro atoms. The van der Waals surface area contributed by atoms with Gasteiger partial charge in [0.1, 0.15) is 11.5 Å². The van der Waals surface area contributed by atoms with E-state index in [9.17, 15) is 0 Å². The summed E-state index contributed by atoms with van der Waals surface area (Å²) >= 11 is 0. The van der Waals surface area contributed by atoms with Gasteiger partial charge >= 0.3 is 0 Å². The lowest BCUT2D eigenvalue weighted by molar-refractivity contribution is 0.229. The van der Waals surface area contributed by atoms with Crippen LogP contribution in [0.3, 0.4) is 0 Å². The lowest BCUT2D eigenvalue weighted by Gasteiger charge is -2.34. The van der Waals surface area contributed by atoms with Crippen LogP contribution < -0.4 is 5.73 Å². The van der Waals surface area contributed by atoms with E-state index in [4.69, 9.17) is 14.7 Å². The molecule has 2 aromatic rings. The van der Waals surface area contributed by atoms with Gasteiger partial charge in [0.2, 0.25) is 0 Å². The summed E-state index contributed by atoms with van der Waals surface area (Å²) < 4.78 is 11.0. The van der Waals surface area contributed by atoms with E-state index in [0.29, 0.717) is 17.6 Å². The van der Waals surface area contributed by atoms with Crippen molar-refractivity contribution in [2.45, 2.75) is 44.1 Å². The molecule has 2 N–H and O–H groups in total. The van der Waals surface area contributed by atoms with E-state index in [2.05, 4.69) is 23.1 Å². The summed E-state index contributed by atoms with van der Waals surface area (Å²) in [4.78, 5) is 4.35. The monoisotopic (exact) mass is 285 g/mol. The fourth-order valence-corrected chi connectivity index (χ4v) is 2.82. The predicted molar refractivity (Wildman–Crippen MR) is 78.2 cm³/mol. The highest BCUT2D eigenvalue weighted by atomic mass is 16.5. The second kappa shape index (κ2) is 4.56. The number of hydrogen-bond donors (Lipinski definition) is 1. The Hall–Kier alpha value is -1.88. The Labute approximate surface area is 123 Å². The van der Waals surface area contributed by atoms with Crippen molar-refractivity contribution in [3.63, 3.8) is 0 Å². The van der Waals surface area contributed by atoms with Gasteiger partial charge in [-0.05, 0) is 49.8 Å². The molecule has 2 atom stereocenters. The van der Waals surface area contributed by atoms with Crippen molar-refractivity contribution in [1.82, 2.24) is 10.1 Å². The van der Waals surface area contributed by atoms with E-state index in [1.807, 2.05) is 12.1 Å². The van der Waals surface area contributed by atoms with Crippen LogP contribution in [0, 0.1) is 5.92 Å². The van der Waals surface area contributed by atoms with Gasteiger partial charge in [-0.15, -0.1) is 0 Å². The molecule has 2 fully saturated rings. The third-order valence-corrected chi connectivity index (χ3v) is 4.65. The summed E-state index contributed by atoms with van der Waals surface area (Å²) in [5.41, 5.74) is 5.79. The molecule has 21 heavy (non-hydrogen) atoms. The predicted octanol–water partition coefficient (Wildman–Crippen LogP) is 3.29. The lowest BCUT2D eigenvalue weighted by atomic mass is 9.77. The average molecular weight is 285 g/mol. The van der Waals surface area contributed by atoms with Gasteiger partial charge in [-0.2, -0.15) is 4.98 Å². The molecule has 4 rings (SSSR count). The molecular formula is C16H19N3O2. The van der Waals surface area contributed by atoms with Crippen LogP contribution in [0.2, 0.25) is 0 Å². The second-order valence-corrected chi connectivity index (χ2v) is 6.36. The molecule has 0 amide bonds. The molecule has 2 saturated carbocycles. The minimum atomic E-state index is -0.379. The summed E-state index contributed by atoms with van der Waals surface area (Å²) in [6, 6.07) is 4.03. The van der Waals surface area contributed by atoms with Gasteiger partial charge in [0, 0.05) is 12.0 Å². The summed E-state index contributed by atoms with van der Waals surface area (Å²) in [5, 5.41) is 3.98. The zero-order valence-corrected chi connectivity index (χ0v) is 12.1. The number of nitrogens with two attached hydrogens (primary N) is 1. The molecule has 2 aromatic heterocycles. The van der Waals surface area contributed by atoms with Crippen LogP contribution in [0.1, 0.15) is 61.8 Å². The molecule has 0 aliphatic heterocycles. The zero-order valence-electron chi connectivity index (χ0n) is 12.1. The summed E-state index contributed by atoms with van der Waals surface area (Å²) in [6.07, 6.45) is 7.84. The molecule has 0 bridgehead atoms. The molecule has 110 valence electrons. The second-order valence-electron chi connectivity index (χ2n) is 6.36. The molecule has 5 heteroatoms. The van der Waals surface area contributed by atoms with Crippen molar-refractivity contribution in [3.8, 4) is 0 Å². The minimum Gasteiger partial charge on any atom is -0.461 e. The number of nitrogens with zero attached hydrogens (tertiary/aromatic N) is 2. The Bertz CT molecular complexity index is 681. The van der Waals surface area contributed by atoms with Gasteiger partial charge in [-0.1, -0.05) is 12.1 Å². The van der Waals surface area contributed by atoms with Gasteiger partial charge in [0.05, 0.1) is 5.54 Å². The molecule has 2 heterocycles. The molecular weight excluding hydrogens is 266 g/mol. The first kappa shape index (κ1) is 12.8. The van der Waals surface area contributed by atoms with Crippen LogP contribution in [0.5, 0.6) is 0 Å². The first-order valence-corrected chi connectivity index (χ1v) is 7.55. The minimum absolute atomic E-state index is 0.379. The SMILES string of the molecule is CC1CC1c1ccc(/C=C/c2nc(C3(N)CCC3)no2)o1. The lowest BCUT2D eigenvalue weighted by Crippen LogP contribution is -2.44. The quantitative estimate of drug-likeness (QED) is 0.932. The van der Waals surface area contributed by atoms with Crippen LogP contribution in [0.15, 0.2) is 21.1 Å². The van der Waals surface area contributed by atoms with E-state index in [1.165, 1.54) is 6.42 Å². The standard InChI is InChI=1S/C16H19N3O2/c1-10-9-12(10)13-5-3-11(20-13)4-6-14-18-15(19-21-14)16(17)7-2-8-16/h3-6,10,12H,2,7-9,17H2,1H3/b6-4+. The summed E-state index contributed by atoms with van der Waals surface area (Å²) in [5.74, 6) is 4.31. The van der Waals surface area contributed by atoms with Crippen LogP contribution in [-0.4, -0.2) is 10.1 Å². The number of rotatable bonds is 4. The number of hydrogen-bond acceptors (Lipinski definition) is 5. The summed E-state index contributed by atoms with van der Waals surface area (Å²) in [6.45, 7) is 2.24. The molecule has 2 aliphatic carbocycles. The van der Waals surface area contributed by atoms with Gasteiger partial charge in [0.15, 0.2) is 5.82 Å². The largest absolute Gasteiger partial charge is 0.461 e. The van der Waals surface area contributed by atoms with Gasteiger partial charge in [0.25, 0.3) is 5.89 Å². The Balaban J connectivity index is 1.46. The van der Waals surface area contributed by atoms with Gasteiger partial charge in [-0.25, -0.2) is 0 Å². The maximum Gasteiger partial charge on any atom is 0.250 e. The highest BCUT2D eigenvalue weighted by Crippen LogP contribution is 2.47. The first-order valence-electron chi connectivity index (χ1n) is 7.55. The third-order valence-electron chi connectivity index (χ3n) is 4.65. The maximum absolute atomic E-state index is 6.17. The number of aromatic nitrogens is 2.